The van der Waals surface area contributed by atoms with E-state index in [4.69, 9.17) is 5.11 Å². The van der Waals surface area contributed by atoms with Crippen molar-refractivity contribution in [3.63, 3.8) is 0 Å². The minimum atomic E-state index is -0.948. The zero-order valence-electron chi connectivity index (χ0n) is 9.83. The molecule has 0 saturated carbocycles. The van der Waals surface area contributed by atoms with E-state index in [1.165, 1.54) is 6.20 Å². The summed E-state index contributed by atoms with van der Waals surface area (Å²) in [4.78, 5) is 15.4. The van der Waals surface area contributed by atoms with Gasteiger partial charge in [0.25, 0.3) is 0 Å². The van der Waals surface area contributed by atoms with E-state index in [-0.39, 0.29) is 5.56 Å². The molecule has 0 aromatic carbocycles. The number of nitrogens with zero attached hydrogens (tertiary/aromatic N) is 3. The van der Waals surface area contributed by atoms with Crippen LogP contribution in [0.15, 0.2) is 18.3 Å². The van der Waals surface area contributed by atoms with Gasteiger partial charge in [-0.05, 0) is 38.1 Å². The number of aromatic nitrogens is 3. The van der Waals surface area contributed by atoms with E-state index >= 15 is 0 Å². The molecule has 0 amide bonds. The summed E-state index contributed by atoms with van der Waals surface area (Å²) >= 11 is 0. The summed E-state index contributed by atoms with van der Waals surface area (Å²) in [5.74, 6) is 0.245. The fourth-order valence-electron chi connectivity index (χ4n) is 2.28. The third-order valence-electron chi connectivity index (χ3n) is 3.30. The van der Waals surface area contributed by atoms with Gasteiger partial charge in [0.1, 0.15) is 0 Å². The first-order valence-electron chi connectivity index (χ1n) is 6.04. The number of rotatable bonds is 2. The average Bonchev–Trinajstić information content (AvgIpc) is 2.82. The summed E-state index contributed by atoms with van der Waals surface area (Å²) in [5.41, 5.74) is 0.929. The Morgan fingerprint density at radius 1 is 1.39 bits per heavy atom. The molecular weight excluding hydrogens is 232 g/mol. The molecule has 3 rings (SSSR count). The van der Waals surface area contributed by atoms with Crippen LogP contribution in [-0.4, -0.2) is 38.8 Å². The number of hydrogen-bond donors (Lipinski definition) is 2. The summed E-state index contributed by atoms with van der Waals surface area (Å²) in [6, 6.07) is 3.25. The van der Waals surface area contributed by atoms with Crippen LogP contribution in [0, 0.1) is 0 Å². The number of aromatic carboxylic acids is 1. The first-order valence-corrected chi connectivity index (χ1v) is 6.04. The Morgan fingerprint density at radius 3 is 2.89 bits per heavy atom. The average molecular weight is 246 g/mol. The Kier molecular flexibility index (Phi) is 2.71. The van der Waals surface area contributed by atoms with Crippen molar-refractivity contribution in [1.82, 2.24) is 19.9 Å². The Balaban J connectivity index is 1.97. The van der Waals surface area contributed by atoms with Gasteiger partial charge in [-0.2, -0.15) is 5.10 Å². The third kappa shape index (κ3) is 1.95. The second-order valence-corrected chi connectivity index (χ2v) is 4.52. The van der Waals surface area contributed by atoms with E-state index < -0.39 is 5.97 Å². The van der Waals surface area contributed by atoms with Crippen molar-refractivity contribution >= 4 is 11.6 Å². The van der Waals surface area contributed by atoms with Crippen molar-refractivity contribution in [2.75, 3.05) is 13.1 Å². The largest absolute Gasteiger partial charge is 0.478 e. The Labute approximate surface area is 104 Å². The van der Waals surface area contributed by atoms with Gasteiger partial charge in [-0.25, -0.2) is 14.3 Å². The monoisotopic (exact) mass is 246 g/mol. The van der Waals surface area contributed by atoms with Crippen LogP contribution in [-0.2, 0) is 0 Å². The van der Waals surface area contributed by atoms with Crippen molar-refractivity contribution < 1.29 is 9.90 Å². The highest BCUT2D eigenvalue weighted by atomic mass is 16.4. The molecule has 2 aromatic rings. The van der Waals surface area contributed by atoms with Crippen LogP contribution >= 0.6 is 0 Å². The van der Waals surface area contributed by atoms with Gasteiger partial charge in [-0.3, -0.25) is 0 Å². The highest BCUT2D eigenvalue weighted by molar-refractivity contribution is 5.87. The maximum atomic E-state index is 10.9. The van der Waals surface area contributed by atoms with Crippen molar-refractivity contribution in [3.8, 4) is 0 Å². The van der Waals surface area contributed by atoms with Crippen LogP contribution in [0.25, 0.3) is 5.65 Å². The van der Waals surface area contributed by atoms with Gasteiger partial charge in [0.2, 0.25) is 0 Å². The minimum absolute atomic E-state index is 0.226. The lowest BCUT2D eigenvalue weighted by Crippen LogP contribution is -2.27. The zero-order valence-corrected chi connectivity index (χ0v) is 9.83. The summed E-state index contributed by atoms with van der Waals surface area (Å²) in [6.45, 7) is 1.97. The number of carbonyl (C=O) groups is 1. The fourth-order valence-corrected chi connectivity index (χ4v) is 2.28. The predicted octanol–water partition coefficient (Wildman–Crippen LogP) is 0.894. The Bertz CT molecular complexity index is 587. The van der Waals surface area contributed by atoms with Crippen LogP contribution in [0.2, 0.25) is 0 Å². The molecular formula is C12H14N4O2. The first kappa shape index (κ1) is 11.2. The summed E-state index contributed by atoms with van der Waals surface area (Å²) < 4.78 is 1.56. The van der Waals surface area contributed by atoms with Gasteiger partial charge in [0, 0.05) is 12.1 Å². The predicted molar refractivity (Wildman–Crippen MR) is 64.8 cm³/mol. The normalized spacial score (nSPS) is 17.1. The van der Waals surface area contributed by atoms with E-state index in [1.807, 2.05) is 0 Å². The second-order valence-electron chi connectivity index (χ2n) is 4.52. The molecule has 1 aliphatic rings. The molecule has 1 fully saturated rings. The topological polar surface area (TPSA) is 79.5 Å². The molecule has 0 spiro atoms. The van der Waals surface area contributed by atoms with Gasteiger partial charge in [-0.15, -0.1) is 0 Å². The number of carboxylic acids is 1. The van der Waals surface area contributed by atoms with E-state index in [2.05, 4.69) is 15.4 Å². The summed E-state index contributed by atoms with van der Waals surface area (Å²) in [5, 5.41) is 16.6. The van der Waals surface area contributed by atoms with E-state index in [1.54, 1.807) is 16.6 Å². The maximum absolute atomic E-state index is 10.9. The number of carboxylic acid groups (broad SMARTS) is 1. The van der Waals surface area contributed by atoms with Gasteiger partial charge in [0.15, 0.2) is 11.5 Å². The Hall–Kier alpha value is -1.95. The maximum Gasteiger partial charge on any atom is 0.337 e. The summed E-state index contributed by atoms with van der Waals surface area (Å²) in [7, 11) is 0. The minimum Gasteiger partial charge on any atom is -0.478 e. The van der Waals surface area contributed by atoms with Crippen LogP contribution in [0.1, 0.15) is 34.9 Å². The van der Waals surface area contributed by atoms with Crippen LogP contribution in [0.5, 0.6) is 0 Å². The van der Waals surface area contributed by atoms with Crippen LogP contribution < -0.4 is 5.32 Å². The molecule has 2 aromatic heterocycles. The SMILES string of the molecule is O=C(O)c1ccc2nc(C3CCNCC3)nn2c1. The Morgan fingerprint density at radius 2 is 2.17 bits per heavy atom. The lowest BCUT2D eigenvalue weighted by Gasteiger charge is -2.19. The molecule has 1 aliphatic heterocycles. The number of hydrogen-bond acceptors (Lipinski definition) is 4. The highest BCUT2D eigenvalue weighted by Gasteiger charge is 2.19. The first-order chi connectivity index (χ1) is 8.74. The molecule has 0 atom stereocenters. The molecule has 0 radical (unpaired) electrons. The number of pyridine rings is 1. The standard InChI is InChI=1S/C12H14N4O2/c17-12(18)9-1-2-10-14-11(15-16(10)7-9)8-3-5-13-6-4-8/h1-2,7-8,13H,3-6H2,(H,17,18). The van der Waals surface area contributed by atoms with Crippen LogP contribution in [0.3, 0.4) is 0 Å². The summed E-state index contributed by atoms with van der Waals surface area (Å²) in [6.07, 6.45) is 3.57. The van der Waals surface area contributed by atoms with E-state index in [0.29, 0.717) is 11.6 Å². The fraction of sp³-hybridized carbons (Fsp3) is 0.417. The molecule has 6 nitrogen and oxygen atoms in total. The van der Waals surface area contributed by atoms with Crippen molar-refractivity contribution in [1.29, 1.82) is 0 Å². The van der Waals surface area contributed by atoms with Crippen molar-refractivity contribution in [2.45, 2.75) is 18.8 Å². The van der Waals surface area contributed by atoms with Crippen molar-refractivity contribution in [3.05, 3.63) is 29.7 Å². The molecule has 1 saturated heterocycles. The molecule has 0 unspecified atom stereocenters. The molecule has 0 aliphatic carbocycles. The van der Waals surface area contributed by atoms with Crippen LogP contribution in [0.4, 0.5) is 0 Å². The third-order valence-corrected chi connectivity index (χ3v) is 3.30. The smallest absolute Gasteiger partial charge is 0.337 e. The van der Waals surface area contributed by atoms with Gasteiger partial charge in [-0.1, -0.05) is 0 Å². The zero-order chi connectivity index (χ0) is 12.5. The van der Waals surface area contributed by atoms with Gasteiger partial charge < -0.3 is 10.4 Å². The van der Waals surface area contributed by atoms with Gasteiger partial charge in [0.05, 0.1) is 5.56 Å². The number of fused-ring (bicyclic) bond motifs is 1. The molecule has 94 valence electrons. The quantitative estimate of drug-likeness (QED) is 0.822. The van der Waals surface area contributed by atoms with E-state index in [0.717, 1.165) is 31.8 Å². The number of piperidine rings is 1. The second kappa shape index (κ2) is 4.38. The van der Waals surface area contributed by atoms with Crippen molar-refractivity contribution in [2.24, 2.45) is 0 Å². The lowest BCUT2D eigenvalue weighted by molar-refractivity contribution is 0.0696. The molecule has 6 heteroatoms. The number of nitrogens with one attached hydrogen (secondary N) is 1. The van der Waals surface area contributed by atoms with Gasteiger partial charge >= 0.3 is 5.97 Å². The highest BCUT2D eigenvalue weighted by Crippen LogP contribution is 2.22. The molecule has 2 N–H and O–H groups in total. The molecule has 18 heavy (non-hydrogen) atoms. The van der Waals surface area contributed by atoms with E-state index in [9.17, 15) is 4.79 Å². The molecule has 3 heterocycles. The lowest BCUT2D eigenvalue weighted by atomic mass is 9.98. The molecule has 0 bridgehead atoms.